The highest BCUT2D eigenvalue weighted by Crippen LogP contribution is 2.42. The lowest BCUT2D eigenvalue weighted by molar-refractivity contribution is 0.182. The highest BCUT2D eigenvalue weighted by atomic mass is 15.1. The van der Waals surface area contributed by atoms with Crippen molar-refractivity contribution in [3.8, 4) is 0 Å². The lowest BCUT2D eigenvalue weighted by Crippen LogP contribution is -2.35. The predicted octanol–water partition coefficient (Wildman–Crippen LogP) is 2.87. The molecule has 0 amide bonds. The summed E-state index contributed by atoms with van der Waals surface area (Å²) < 4.78 is 0. The molecule has 0 aromatic rings. The van der Waals surface area contributed by atoms with Gasteiger partial charge >= 0.3 is 0 Å². The molecule has 2 aliphatic rings. The summed E-state index contributed by atoms with van der Waals surface area (Å²) in [4.78, 5) is 2.47. The van der Waals surface area contributed by atoms with E-state index in [1.165, 1.54) is 45.2 Å². The van der Waals surface area contributed by atoms with Gasteiger partial charge in [0.25, 0.3) is 0 Å². The normalized spacial score (nSPS) is 35.6. The third kappa shape index (κ3) is 3.76. The molecule has 1 heterocycles. The van der Waals surface area contributed by atoms with Crippen molar-refractivity contribution in [1.82, 2.24) is 4.90 Å². The molecular formula is C13H30N2. The summed E-state index contributed by atoms with van der Waals surface area (Å²) >= 11 is 0. The van der Waals surface area contributed by atoms with Gasteiger partial charge in [-0.2, -0.15) is 0 Å². The van der Waals surface area contributed by atoms with Crippen LogP contribution in [0.15, 0.2) is 0 Å². The van der Waals surface area contributed by atoms with Gasteiger partial charge < -0.3 is 10.6 Å². The van der Waals surface area contributed by atoms with E-state index in [-0.39, 0.29) is 7.43 Å². The first kappa shape index (κ1) is 14.9. The van der Waals surface area contributed by atoms with E-state index in [1.54, 1.807) is 0 Å². The molecule has 2 heteroatoms. The Bertz CT molecular complexity index is 160. The molecule has 2 rings (SSSR count). The molecule has 1 saturated carbocycles. The Labute approximate surface area is 96.2 Å². The van der Waals surface area contributed by atoms with Crippen LogP contribution in [0, 0.1) is 5.41 Å². The van der Waals surface area contributed by atoms with Crippen LogP contribution in [0.25, 0.3) is 0 Å². The second kappa shape index (κ2) is 6.49. The molecular weight excluding hydrogens is 184 g/mol. The third-order valence-electron chi connectivity index (χ3n) is 3.72. The van der Waals surface area contributed by atoms with Gasteiger partial charge in [-0.1, -0.05) is 21.3 Å². The van der Waals surface area contributed by atoms with Gasteiger partial charge in [0.1, 0.15) is 0 Å². The van der Waals surface area contributed by atoms with Gasteiger partial charge in [-0.25, -0.2) is 0 Å². The average Bonchev–Trinajstić information content (AvgIpc) is 2.57. The number of rotatable bonds is 0. The number of nitrogens with zero attached hydrogens (tertiary/aromatic N) is 1. The van der Waals surface area contributed by atoms with E-state index >= 15 is 0 Å². The molecule has 92 valence electrons. The second-order valence-corrected chi connectivity index (χ2v) is 4.83. The lowest BCUT2D eigenvalue weighted by atomic mass is 9.72. The highest BCUT2D eigenvalue weighted by molar-refractivity contribution is 4.93. The van der Waals surface area contributed by atoms with E-state index in [0.717, 1.165) is 0 Å². The largest absolute Gasteiger partial charge is 0.328 e. The van der Waals surface area contributed by atoms with Gasteiger partial charge in [-0.3, -0.25) is 0 Å². The van der Waals surface area contributed by atoms with Crippen LogP contribution in [-0.4, -0.2) is 31.1 Å². The van der Waals surface area contributed by atoms with Crippen molar-refractivity contribution in [3.63, 3.8) is 0 Å². The van der Waals surface area contributed by atoms with E-state index in [9.17, 15) is 0 Å². The first-order valence-electron chi connectivity index (χ1n) is 6.14. The van der Waals surface area contributed by atoms with E-state index in [4.69, 9.17) is 5.73 Å². The summed E-state index contributed by atoms with van der Waals surface area (Å²) in [5.74, 6) is 0. The van der Waals surface area contributed by atoms with E-state index < -0.39 is 0 Å². The van der Waals surface area contributed by atoms with Crippen LogP contribution < -0.4 is 5.73 Å². The maximum absolute atomic E-state index is 5.91. The summed E-state index contributed by atoms with van der Waals surface area (Å²) in [6.07, 6.45) is 6.68. The third-order valence-corrected chi connectivity index (χ3v) is 3.72. The molecule has 1 spiro atoms. The molecule has 0 aromatic carbocycles. The summed E-state index contributed by atoms with van der Waals surface area (Å²) in [5.41, 5.74) is 6.58. The van der Waals surface area contributed by atoms with Gasteiger partial charge in [-0.05, 0) is 51.1 Å². The monoisotopic (exact) mass is 214 g/mol. The molecule has 1 aliphatic carbocycles. The zero-order chi connectivity index (χ0) is 10.6. The van der Waals surface area contributed by atoms with Crippen LogP contribution in [-0.2, 0) is 0 Å². The van der Waals surface area contributed by atoms with E-state index in [0.29, 0.717) is 11.5 Å². The van der Waals surface area contributed by atoms with Crippen molar-refractivity contribution in [2.24, 2.45) is 11.1 Å². The summed E-state index contributed by atoms with van der Waals surface area (Å²) in [6.45, 7) is 6.62. The van der Waals surface area contributed by atoms with Crippen molar-refractivity contribution < 1.29 is 0 Å². The van der Waals surface area contributed by atoms with Gasteiger partial charge in [0.05, 0.1) is 0 Å². The predicted molar refractivity (Wildman–Crippen MR) is 69.1 cm³/mol. The van der Waals surface area contributed by atoms with Crippen molar-refractivity contribution >= 4 is 0 Å². The SMILES string of the molecule is C.CC.CN1CCC2(CCC(N)CC2)C1. The Hall–Kier alpha value is -0.0800. The quantitative estimate of drug-likeness (QED) is 0.672. The molecule has 1 saturated heterocycles. The molecule has 2 nitrogen and oxygen atoms in total. The van der Waals surface area contributed by atoms with Crippen molar-refractivity contribution in [1.29, 1.82) is 0 Å². The fourth-order valence-electron chi connectivity index (χ4n) is 2.82. The van der Waals surface area contributed by atoms with Crippen molar-refractivity contribution in [3.05, 3.63) is 0 Å². The molecule has 0 unspecified atom stereocenters. The molecule has 0 radical (unpaired) electrons. The fourth-order valence-corrected chi connectivity index (χ4v) is 2.82. The fraction of sp³-hybridized carbons (Fsp3) is 1.00. The summed E-state index contributed by atoms with van der Waals surface area (Å²) in [7, 11) is 2.24. The maximum Gasteiger partial charge on any atom is 0.00392 e. The van der Waals surface area contributed by atoms with Crippen LogP contribution in [0.4, 0.5) is 0 Å². The first-order valence-corrected chi connectivity index (χ1v) is 6.14. The molecule has 0 aromatic heterocycles. The van der Waals surface area contributed by atoms with Crippen LogP contribution in [0.1, 0.15) is 53.4 Å². The number of likely N-dealkylation sites (tertiary alicyclic amines) is 1. The Morgan fingerprint density at radius 2 is 1.67 bits per heavy atom. The molecule has 0 atom stereocenters. The molecule has 1 aliphatic heterocycles. The van der Waals surface area contributed by atoms with Gasteiger partial charge in [0.15, 0.2) is 0 Å². The van der Waals surface area contributed by atoms with Crippen LogP contribution in [0.2, 0.25) is 0 Å². The molecule has 2 N–H and O–H groups in total. The highest BCUT2D eigenvalue weighted by Gasteiger charge is 2.38. The zero-order valence-electron chi connectivity index (χ0n) is 10.1. The topological polar surface area (TPSA) is 29.3 Å². The first-order chi connectivity index (χ1) is 6.70. The van der Waals surface area contributed by atoms with E-state index in [1.807, 2.05) is 13.8 Å². The van der Waals surface area contributed by atoms with Crippen molar-refractivity contribution in [2.45, 2.75) is 59.4 Å². The minimum absolute atomic E-state index is 0. The second-order valence-electron chi connectivity index (χ2n) is 4.83. The summed E-state index contributed by atoms with van der Waals surface area (Å²) in [6, 6.07) is 0.501. The van der Waals surface area contributed by atoms with Gasteiger partial charge in [-0.15, -0.1) is 0 Å². The number of hydrogen-bond acceptors (Lipinski definition) is 2. The Morgan fingerprint density at radius 1 is 1.13 bits per heavy atom. The zero-order valence-corrected chi connectivity index (χ0v) is 10.1. The molecule has 0 bridgehead atoms. The molecule has 2 fully saturated rings. The van der Waals surface area contributed by atoms with Crippen molar-refractivity contribution in [2.75, 3.05) is 20.1 Å². The minimum atomic E-state index is 0. The van der Waals surface area contributed by atoms with Crippen LogP contribution in [0.5, 0.6) is 0 Å². The average molecular weight is 214 g/mol. The van der Waals surface area contributed by atoms with Gasteiger partial charge in [0, 0.05) is 12.6 Å². The Kier molecular flexibility index (Phi) is 6.46. The Morgan fingerprint density at radius 3 is 2.07 bits per heavy atom. The lowest BCUT2D eigenvalue weighted by Gasteiger charge is -2.35. The number of hydrogen-bond donors (Lipinski definition) is 1. The summed E-state index contributed by atoms with van der Waals surface area (Å²) in [5, 5.41) is 0. The minimum Gasteiger partial charge on any atom is -0.328 e. The van der Waals surface area contributed by atoms with E-state index in [2.05, 4.69) is 11.9 Å². The standard InChI is InChI=1S/C10H20N2.C2H6.CH4/c1-12-7-6-10(8-12)4-2-9(11)3-5-10;1-2;/h9H,2-8,11H2,1H3;1-2H3;1H4. The maximum atomic E-state index is 5.91. The van der Waals surface area contributed by atoms with Crippen LogP contribution >= 0.6 is 0 Å². The van der Waals surface area contributed by atoms with Gasteiger partial charge in [0.2, 0.25) is 0 Å². The van der Waals surface area contributed by atoms with Crippen LogP contribution in [0.3, 0.4) is 0 Å². The molecule has 15 heavy (non-hydrogen) atoms. The number of nitrogens with two attached hydrogens (primary N) is 1. The smallest absolute Gasteiger partial charge is 0.00392 e. The Balaban J connectivity index is 0.000000617.